The van der Waals surface area contributed by atoms with Crippen molar-refractivity contribution in [3.05, 3.63) is 58.6 Å². The average Bonchev–Trinajstić information content (AvgIpc) is 2.55. The first-order chi connectivity index (χ1) is 11.8. The summed E-state index contributed by atoms with van der Waals surface area (Å²) in [5.74, 6) is -1.69. The smallest absolute Gasteiger partial charge is 0.288 e. The molecule has 1 aliphatic heterocycles. The minimum absolute atomic E-state index is 0.0229. The number of alkyl halides is 1. The molecule has 0 amide bonds. The Morgan fingerprint density at radius 2 is 1.88 bits per heavy atom. The Hall–Kier alpha value is -2.32. The maximum atomic E-state index is 14.3. The maximum Gasteiger partial charge on any atom is 0.348 e. The number of nitrogens with zero attached hydrogens (tertiary/aromatic N) is 2. The highest BCUT2D eigenvalue weighted by molar-refractivity contribution is 7.93. The Morgan fingerprint density at radius 1 is 1.16 bits per heavy atom. The molecule has 9 heteroatoms. The summed E-state index contributed by atoms with van der Waals surface area (Å²) in [6.07, 6.45) is 1.26. The molecule has 1 unspecified atom stereocenters. The van der Waals surface area contributed by atoms with Gasteiger partial charge in [0.2, 0.25) is 0 Å². The van der Waals surface area contributed by atoms with E-state index >= 15 is 0 Å². The molecule has 1 aromatic heterocycles. The average molecular weight is 383 g/mol. The molecule has 0 fully saturated rings. The van der Waals surface area contributed by atoms with Gasteiger partial charge in [0.05, 0.1) is 12.1 Å². The molecule has 2 aromatic carbocycles. The third-order valence-corrected chi connectivity index (χ3v) is 6.79. The SMILES string of the molecule is O=c1ncc2ccc(-c3ccc(F)cc3F)c3c2n1CC(Cl)S3(=O)=O. The zero-order valence-electron chi connectivity index (χ0n) is 12.4. The van der Waals surface area contributed by atoms with Crippen LogP contribution in [0.25, 0.3) is 22.0 Å². The van der Waals surface area contributed by atoms with E-state index < -0.39 is 31.9 Å². The van der Waals surface area contributed by atoms with Gasteiger partial charge in [-0.1, -0.05) is 12.1 Å². The zero-order chi connectivity index (χ0) is 17.9. The summed E-state index contributed by atoms with van der Waals surface area (Å²) in [5.41, 5.74) is -0.595. The Bertz CT molecular complexity index is 1210. The molecule has 0 aliphatic carbocycles. The highest BCUT2D eigenvalue weighted by atomic mass is 35.5. The van der Waals surface area contributed by atoms with Crippen molar-refractivity contribution in [2.45, 2.75) is 16.1 Å². The van der Waals surface area contributed by atoms with Crippen molar-refractivity contribution in [2.75, 3.05) is 0 Å². The first kappa shape index (κ1) is 16.2. The first-order valence-electron chi connectivity index (χ1n) is 7.16. The Balaban J connectivity index is 2.21. The predicted molar refractivity (Wildman–Crippen MR) is 88.2 cm³/mol. The van der Waals surface area contributed by atoms with Gasteiger partial charge in [0.25, 0.3) is 0 Å². The van der Waals surface area contributed by atoms with Crippen LogP contribution in [0, 0.1) is 11.6 Å². The number of rotatable bonds is 1. The van der Waals surface area contributed by atoms with Crippen LogP contribution in [-0.2, 0) is 16.4 Å². The molecular weight excluding hydrogens is 374 g/mol. The van der Waals surface area contributed by atoms with Crippen LogP contribution in [0.3, 0.4) is 0 Å². The maximum absolute atomic E-state index is 14.3. The molecule has 0 spiro atoms. The molecule has 128 valence electrons. The van der Waals surface area contributed by atoms with Gasteiger partial charge in [-0.3, -0.25) is 4.57 Å². The Kier molecular flexibility index (Phi) is 3.45. The van der Waals surface area contributed by atoms with Crippen molar-refractivity contribution < 1.29 is 17.2 Å². The van der Waals surface area contributed by atoms with Crippen LogP contribution in [0.5, 0.6) is 0 Å². The van der Waals surface area contributed by atoms with E-state index in [2.05, 4.69) is 4.98 Å². The van der Waals surface area contributed by atoms with Gasteiger partial charge in [-0.05, 0) is 12.1 Å². The molecular formula is C16H9ClF2N2O3S. The molecule has 1 aliphatic rings. The largest absolute Gasteiger partial charge is 0.348 e. The fourth-order valence-corrected chi connectivity index (χ4v) is 4.99. The van der Waals surface area contributed by atoms with Crippen molar-refractivity contribution in [3.63, 3.8) is 0 Å². The quantitative estimate of drug-likeness (QED) is 0.607. The van der Waals surface area contributed by atoms with Gasteiger partial charge in [0.15, 0.2) is 14.5 Å². The van der Waals surface area contributed by atoms with Crippen molar-refractivity contribution in [3.8, 4) is 11.1 Å². The molecule has 1 atom stereocenters. The molecule has 4 rings (SSSR count). The minimum Gasteiger partial charge on any atom is -0.288 e. The lowest BCUT2D eigenvalue weighted by Crippen LogP contribution is -2.35. The highest BCUT2D eigenvalue weighted by Crippen LogP contribution is 2.39. The molecule has 0 N–H and O–H groups in total. The van der Waals surface area contributed by atoms with E-state index in [1.54, 1.807) is 0 Å². The second-order valence-electron chi connectivity index (χ2n) is 5.61. The molecule has 0 bridgehead atoms. The number of benzene rings is 2. The molecule has 0 radical (unpaired) electrons. The van der Waals surface area contributed by atoms with Crippen LogP contribution in [0.2, 0.25) is 0 Å². The fraction of sp³-hybridized carbons (Fsp3) is 0.125. The summed E-state index contributed by atoms with van der Waals surface area (Å²) < 4.78 is 52.8. The summed E-state index contributed by atoms with van der Waals surface area (Å²) in [4.78, 5) is 15.5. The molecule has 3 aromatic rings. The molecule has 25 heavy (non-hydrogen) atoms. The Labute approximate surface area is 145 Å². The topological polar surface area (TPSA) is 69.0 Å². The lowest BCUT2D eigenvalue weighted by molar-refractivity contribution is 0.572. The van der Waals surface area contributed by atoms with E-state index in [0.717, 1.165) is 16.7 Å². The second-order valence-corrected chi connectivity index (χ2v) is 8.46. The van der Waals surface area contributed by atoms with Crippen LogP contribution in [0.4, 0.5) is 8.78 Å². The van der Waals surface area contributed by atoms with E-state index in [1.807, 2.05) is 0 Å². The van der Waals surface area contributed by atoms with E-state index in [9.17, 15) is 22.0 Å². The number of hydrogen-bond donors (Lipinski definition) is 0. The van der Waals surface area contributed by atoms with Crippen molar-refractivity contribution >= 4 is 32.3 Å². The predicted octanol–water partition coefficient (Wildman–Crippen LogP) is 2.69. The van der Waals surface area contributed by atoms with Gasteiger partial charge < -0.3 is 0 Å². The lowest BCUT2D eigenvalue weighted by atomic mass is 10.0. The number of hydrogen-bond acceptors (Lipinski definition) is 4. The van der Waals surface area contributed by atoms with Crippen molar-refractivity contribution in [1.82, 2.24) is 9.55 Å². The Morgan fingerprint density at radius 3 is 2.60 bits per heavy atom. The molecule has 0 saturated heterocycles. The summed E-state index contributed by atoms with van der Waals surface area (Å²) in [5, 5.41) is 0.410. The second kappa shape index (κ2) is 5.34. The summed E-state index contributed by atoms with van der Waals surface area (Å²) in [6, 6.07) is 5.78. The van der Waals surface area contributed by atoms with E-state index in [1.165, 1.54) is 18.3 Å². The normalized spacial score (nSPS) is 18.4. The van der Waals surface area contributed by atoms with Gasteiger partial charge in [-0.2, -0.15) is 0 Å². The van der Waals surface area contributed by atoms with E-state index in [-0.39, 0.29) is 28.1 Å². The summed E-state index contributed by atoms with van der Waals surface area (Å²) >= 11 is 5.99. The van der Waals surface area contributed by atoms with Gasteiger partial charge >= 0.3 is 5.69 Å². The van der Waals surface area contributed by atoms with E-state index in [4.69, 9.17) is 11.6 Å². The molecule has 0 saturated carbocycles. The van der Waals surface area contributed by atoms with Crippen LogP contribution in [-0.4, -0.2) is 22.7 Å². The zero-order valence-corrected chi connectivity index (χ0v) is 14.0. The fourth-order valence-electron chi connectivity index (χ4n) is 3.01. The van der Waals surface area contributed by atoms with Gasteiger partial charge in [0, 0.05) is 28.8 Å². The minimum atomic E-state index is -4.03. The van der Waals surface area contributed by atoms with Gasteiger partial charge in [0.1, 0.15) is 16.5 Å². The number of aromatic nitrogens is 2. The van der Waals surface area contributed by atoms with Crippen LogP contribution in [0.15, 0.2) is 46.2 Å². The third-order valence-electron chi connectivity index (χ3n) is 4.15. The van der Waals surface area contributed by atoms with Gasteiger partial charge in [-0.25, -0.2) is 27.0 Å². The molecule has 2 heterocycles. The van der Waals surface area contributed by atoms with Crippen molar-refractivity contribution in [2.24, 2.45) is 0 Å². The summed E-state index contributed by atoms with van der Waals surface area (Å²) in [7, 11) is -4.03. The lowest BCUT2D eigenvalue weighted by Gasteiger charge is -2.24. The van der Waals surface area contributed by atoms with Crippen LogP contribution >= 0.6 is 11.6 Å². The highest BCUT2D eigenvalue weighted by Gasteiger charge is 2.37. The first-order valence-corrected chi connectivity index (χ1v) is 9.15. The van der Waals surface area contributed by atoms with Crippen LogP contribution in [0.1, 0.15) is 0 Å². The standard InChI is InChI=1S/C16H9ClF2N2O3S/c17-13-7-21-14-8(6-20-16(21)22)1-3-11(15(14)25(13,23)24)10-4-2-9(18)5-12(10)19/h1-6,13H,7H2. The monoisotopic (exact) mass is 382 g/mol. The van der Waals surface area contributed by atoms with Crippen molar-refractivity contribution in [1.29, 1.82) is 0 Å². The third kappa shape index (κ3) is 2.28. The van der Waals surface area contributed by atoms with Gasteiger partial charge in [-0.15, -0.1) is 11.6 Å². The molecule has 5 nitrogen and oxygen atoms in total. The number of sulfone groups is 1. The number of halogens is 3. The van der Waals surface area contributed by atoms with Crippen LogP contribution < -0.4 is 5.69 Å². The van der Waals surface area contributed by atoms with E-state index in [0.29, 0.717) is 11.5 Å². The summed E-state index contributed by atoms with van der Waals surface area (Å²) in [6.45, 7) is -0.255.